The second-order valence-corrected chi connectivity index (χ2v) is 5.08. The second kappa shape index (κ2) is 5.32. The van der Waals surface area contributed by atoms with Crippen molar-refractivity contribution in [3.8, 4) is 0 Å². The zero-order chi connectivity index (χ0) is 14.1. The Hall–Kier alpha value is -1.76. The molecule has 108 valence electrons. The van der Waals surface area contributed by atoms with Gasteiger partial charge in [-0.1, -0.05) is 0 Å². The van der Waals surface area contributed by atoms with Gasteiger partial charge in [0.15, 0.2) is 0 Å². The zero-order valence-corrected chi connectivity index (χ0v) is 10.9. The molecular weight excluding hydrogens is 266 g/mol. The van der Waals surface area contributed by atoms with Crippen LogP contribution in [0.3, 0.4) is 0 Å². The predicted molar refractivity (Wildman–Crippen MR) is 70.0 cm³/mol. The molecule has 0 unspecified atom stereocenters. The molecule has 3 rings (SSSR count). The number of anilines is 1. The highest BCUT2D eigenvalue weighted by molar-refractivity contribution is 5.93. The molecule has 2 atom stereocenters. The van der Waals surface area contributed by atoms with Gasteiger partial charge in [0.2, 0.25) is 5.95 Å². The number of rotatable bonds is 3. The Balaban J connectivity index is 1.71. The lowest BCUT2D eigenvalue weighted by Crippen LogP contribution is -2.44. The Labute approximate surface area is 115 Å². The van der Waals surface area contributed by atoms with E-state index in [1.807, 2.05) is 4.90 Å². The van der Waals surface area contributed by atoms with Crippen molar-refractivity contribution in [2.24, 2.45) is 0 Å². The summed E-state index contributed by atoms with van der Waals surface area (Å²) in [5, 5.41) is 5.66. The molecule has 1 amide bonds. The summed E-state index contributed by atoms with van der Waals surface area (Å²) >= 11 is 0. The molecule has 5 nitrogen and oxygen atoms in total. The average Bonchev–Trinajstić information content (AvgIpc) is 3.15. The van der Waals surface area contributed by atoms with Gasteiger partial charge in [-0.3, -0.25) is 4.79 Å². The Morgan fingerprint density at radius 2 is 2.10 bits per heavy atom. The Kier molecular flexibility index (Phi) is 3.52. The fourth-order valence-electron chi connectivity index (χ4n) is 2.25. The number of alkyl halides is 1. The molecule has 0 radical (unpaired) electrons. The highest BCUT2D eigenvalue weighted by atomic mass is 19.1. The smallest absolute Gasteiger partial charge is 0.270 e. The van der Waals surface area contributed by atoms with Crippen LogP contribution in [0.5, 0.6) is 0 Å². The number of nitrogens with one attached hydrogen (secondary N) is 2. The van der Waals surface area contributed by atoms with E-state index in [0.717, 1.165) is 13.1 Å². The number of hydrogen-bond donors (Lipinski definition) is 2. The van der Waals surface area contributed by atoms with Crippen LogP contribution in [-0.2, 0) is 0 Å². The van der Waals surface area contributed by atoms with Gasteiger partial charge < -0.3 is 15.5 Å². The van der Waals surface area contributed by atoms with Crippen molar-refractivity contribution in [1.82, 2.24) is 15.6 Å². The lowest BCUT2D eigenvalue weighted by atomic mass is 10.2. The Morgan fingerprint density at radius 1 is 1.40 bits per heavy atom. The lowest BCUT2D eigenvalue weighted by Gasteiger charge is -2.29. The SMILES string of the molecule is O=C(N[C@H]1C[C@H]1F)c1ccc(N2CCNCC2)c(F)n1. The van der Waals surface area contributed by atoms with E-state index in [-0.39, 0.29) is 5.69 Å². The molecule has 1 aliphatic carbocycles. The number of carbonyl (C=O) groups is 1. The predicted octanol–water partition coefficient (Wildman–Crippen LogP) is 0.470. The van der Waals surface area contributed by atoms with Crippen molar-refractivity contribution in [2.75, 3.05) is 31.1 Å². The van der Waals surface area contributed by atoms with Crippen molar-refractivity contribution in [2.45, 2.75) is 18.6 Å². The third-order valence-corrected chi connectivity index (χ3v) is 3.55. The van der Waals surface area contributed by atoms with E-state index in [2.05, 4.69) is 15.6 Å². The van der Waals surface area contributed by atoms with Crippen LogP contribution in [0.15, 0.2) is 12.1 Å². The summed E-state index contributed by atoms with van der Waals surface area (Å²) in [6.07, 6.45) is -0.656. The molecule has 0 aromatic carbocycles. The van der Waals surface area contributed by atoms with E-state index < -0.39 is 24.1 Å². The van der Waals surface area contributed by atoms with Gasteiger partial charge in [0.05, 0.1) is 11.7 Å². The van der Waals surface area contributed by atoms with E-state index in [1.54, 1.807) is 6.07 Å². The fourth-order valence-corrected chi connectivity index (χ4v) is 2.25. The number of halogens is 2. The molecule has 1 aromatic rings. The van der Waals surface area contributed by atoms with E-state index in [9.17, 15) is 13.6 Å². The number of carbonyl (C=O) groups excluding carboxylic acids is 1. The molecule has 1 saturated carbocycles. The summed E-state index contributed by atoms with van der Waals surface area (Å²) in [5.74, 6) is -1.19. The molecule has 1 aromatic heterocycles. The largest absolute Gasteiger partial charge is 0.365 e. The van der Waals surface area contributed by atoms with Crippen LogP contribution >= 0.6 is 0 Å². The molecule has 2 heterocycles. The minimum atomic E-state index is -0.982. The quantitative estimate of drug-likeness (QED) is 0.791. The van der Waals surface area contributed by atoms with Crippen LogP contribution in [-0.4, -0.2) is 49.3 Å². The maximum atomic E-state index is 14.0. The molecule has 2 aliphatic rings. The number of hydrogen-bond acceptors (Lipinski definition) is 4. The van der Waals surface area contributed by atoms with Crippen LogP contribution in [0.2, 0.25) is 0 Å². The molecule has 2 N–H and O–H groups in total. The molecule has 1 saturated heterocycles. The van der Waals surface area contributed by atoms with Crippen molar-refractivity contribution in [3.05, 3.63) is 23.8 Å². The number of aromatic nitrogens is 1. The Bertz CT molecular complexity index is 519. The maximum absolute atomic E-state index is 14.0. The molecule has 1 aliphatic heterocycles. The van der Waals surface area contributed by atoms with E-state index >= 15 is 0 Å². The third kappa shape index (κ3) is 2.72. The highest BCUT2D eigenvalue weighted by Crippen LogP contribution is 2.25. The first-order chi connectivity index (χ1) is 9.65. The minimum Gasteiger partial charge on any atom is -0.365 e. The first kappa shape index (κ1) is 13.2. The van der Waals surface area contributed by atoms with Crippen molar-refractivity contribution in [1.29, 1.82) is 0 Å². The summed E-state index contributed by atoms with van der Waals surface area (Å²) in [5.41, 5.74) is 0.387. The van der Waals surface area contributed by atoms with Crippen LogP contribution in [0.25, 0.3) is 0 Å². The van der Waals surface area contributed by atoms with Crippen LogP contribution in [0, 0.1) is 5.95 Å². The summed E-state index contributed by atoms with van der Waals surface area (Å²) in [6.45, 7) is 2.99. The van der Waals surface area contributed by atoms with Gasteiger partial charge in [-0.15, -0.1) is 0 Å². The maximum Gasteiger partial charge on any atom is 0.270 e. The normalized spacial score (nSPS) is 25.4. The molecule has 2 fully saturated rings. The van der Waals surface area contributed by atoms with Gasteiger partial charge in [-0.25, -0.2) is 9.37 Å². The van der Waals surface area contributed by atoms with Gasteiger partial charge in [0.25, 0.3) is 5.91 Å². The van der Waals surface area contributed by atoms with E-state index in [1.165, 1.54) is 6.07 Å². The fraction of sp³-hybridized carbons (Fsp3) is 0.538. The van der Waals surface area contributed by atoms with Crippen molar-refractivity contribution in [3.63, 3.8) is 0 Å². The van der Waals surface area contributed by atoms with Crippen LogP contribution < -0.4 is 15.5 Å². The topological polar surface area (TPSA) is 57.3 Å². The monoisotopic (exact) mass is 282 g/mol. The minimum absolute atomic E-state index is 0.0134. The zero-order valence-electron chi connectivity index (χ0n) is 10.9. The summed E-state index contributed by atoms with van der Waals surface area (Å²) < 4.78 is 26.7. The molecule has 7 heteroatoms. The highest BCUT2D eigenvalue weighted by Gasteiger charge is 2.39. The van der Waals surface area contributed by atoms with Crippen molar-refractivity contribution < 1.29 is 13.6 Å². The van der Waals surface area contributed by atoms with Gasteiger partial charge in [-0.2, -0.15) is 4.39 Å². The average molecular weight is 282 g/mol. The van der Waals surface area contributed by atoms with E-state index in [4.69, 9.17) is 0 Å². The van der Waals surface area contributed by atoms with Crippen molar-refractivity contribution >= 4 is 11.6 Å². The molecular formula is C13H16F2N4O. The lowest BCUT2D eigenvalue weighted by molar-refractivity contribution is 0.0941. The number of nitrogens with zero attached hydrogens (tertiary/aromatic N) is 2. The molecule has 0 spiro atoms. The summed E-state index contributed by atoms with van der Waals surface area (Å²) in [6, 6.07) is 2.59. The van der Waals surface area contributed by atoms with E-state index in [0.29, 0.717) is 25.2 Å². The van der Waals surface area contributed by atoms with Gasteiger partial charge in [0, 0.05) is 32.6 Å². The summed E-state index contributed by atoms with van der Waals surface area (Å²) in [4.78, 5) is 17.3. The number of amides is 1. The van der Waals surface area contributed by atoms with Gasteiger partial charge in [0.1, 0.15) is 11.9 Å². The van der Waals surface area contributed by atoms with Crippen LogP contribution in [0.1, 0.15) is 16.9 Å². The standard InChI is InChI=1S/C13H16F2N4O/c14-8-7-10(8)18-13(20)9-1-2-11(12(15)17-9)19-5-3-16-4-6-19/h1-2,8,10,16H,3-7H2,(H,18,20)/t8-,10+/m1/s1. The van der Waals surface area contributed by atoms with Gasteiger partial charge >= 0.3 is 0 Å². The Morgan fingerprint density at radius 3 is 2.70 bits per heavy atom. The molecule has 0 bridgehead atoms. The number of piperazine rings is 1. The third-order valence-electron chi connectivity index (χ3n) is 3.55. The van der Waals surface area contributed by atoms with Gasteiger partial charge in [-0.05, 0) is 12.1 Å². The summed E-state index contributed by atoms with van der Waals surface area (Å²) in [7, 11) is 0. The first-order valence-corrected chi connectivity index (χ1v) is 6.72. The number of pyridine rings is 1. The second-order valence-electron chi connectivity index (χ2n) is 5.08. The van der Waals surface area contributed by atoms with Crippen LogP contribution in [0.4, 0.5) is 14.5 Å². The first-order valence-electron chi connectivity index (χ1n) is 6.72. The molecule has 20 heavy (non-hydrogen) atoms.